The number of piperidine rings is 1. The molecule has 3 heterocycles. The maximum absolute atomic E-state index is 10.7. The predicted octanol–water partition coefficient (Wildman–Crippen LogP) is 1.55. The minimum absolute atomic E-state index is 0.143. The Labute approximate surface area is 123 Å². The van der Waals surface area contributed by atoms with Crippen LogP contribution in [0.3, 0.4) is 0 Å². The van der Waals surface area contributed by atoms with E-state index in [2.05, 4.69) is 21.9 Å². The summed E-state index contributed by atoms with van der Waals surface area (Å²) in [6.07, 6.45) is 3.83. The van der Waals surface area contributed by atoms with Gasteiger partial charge in [-0.1, -0.05) is 0 Å². The molecule has 2 aromatic heterocycles. The molecule has 0 bridgehead atoms. The summed E-state index contributed by atoms with van der Waals surface area (Å²) in [5, 5.41) is 8.83. The lowest BCUT2D eigenvalue weighted by atomic mass is 10.0. The summed E-state index contributed by atoms with van der Waals surface area (Å²) in [7, 11) is 2.07. The van der Waals surface area contributed by atoms with Gasteiger partial charge in [0.05, 0.1) is 17.6 Å². The topological polar surface area (TPSA) is 72.5 Å². The molecule has 2 aromatic rings. The largest absolute Gasteiger partial charge is 0.480 e. The van der Waals surface area contributed by atoms with Crippen LogP contribution in [0.15, 0.2) is 24.4 Å². The first-order valence-electron chi connectivity index (χ1n) is 7.24. The van der Waals surface area contributed by atoms with Crippen LogP contribution in [0.5, 0.6) is 0 Å². The number of carboxylic acids is 1. The average molecular weight is 288 g/mol. The molecule has 0 spiro atoms. The van der Waals surface area contributed by atoms with E-state index in [9.17, 15) is 4.79 Å². The van der Waals surface area contributed by atoms with Crippen molar-refractivity contribution in [1.82, 2.24) is 14.9 Å². The second-order valence-electron chi connectivity index (χ2n) is 5.59. The molecule has 1 saturated heterocycles. The number of rotatable bonds is 4. The number of aliphatic carboxylic acids is 1. The zero-order chi connectivity index (χ0) is 14.8. The van der Waals surface area contributed by atoms with Gasteiger partial charge in [0, 0.05) is 32.4 Å². The maximum Gasteiger partial charge on any atom is 0.317 e. The molecule has 0 unspecified atom stereocenters. The second kappa shape index (κ2) is 5.73. The Morgan fingerprint density at radius 3 is 2.90 bits per heavy atom. The number of pyridine rings is 1. The van der Waals surface area contributed by atoms with E-state index in [4.69, 9.17) is 5.11 Å². The standard InChI is InChI=1S/C15H20N4O2/c1-18(11-5-8-19(9-6-11)10-15(20)21)14-3-2-12-13(17-14)4-7-16-12/h2-4,7,11,16H,5-6,8-10H2,1H3,(H,20,21). The van der Waals surface area contributed by atoms with Crippen LogP contribution in [0.1, 0.15) is 12.8 Å². The Hall–Kier alpha value is -2.08. The van der Waals surface area contributed by atoms with Crippen molar-refractivity contribution in [1.29, 1.82) is 0 Å². The molecule has 1 fully saturated rings. The zero-order valence-corrected chi connectivity index (χ0v) is 12.1. The van der Waals surface area contributed by atoms with E-state index < -0.39 is 5.97 Å². The number of hydrogen-bond acceptors (Lipinski definition) is 4. The van der Waals surface area contributed by atoms with Gasteiger partial charge >= 0.3 is 5.97 Å². The highest BCUT2D eigenvalue weighted by atomic mass is 16.4. The molecule has 6 heteroatoms. The SMILES string of the molecule is CN(c1ccc2[nH]ccc2n1)C1CCN(CC(=O)O)CC1. The fourth-order valence-corrected chi connectivity index (χ4v) is 2.96. The number of H-pyrrole nitrogens is 1. The number of fused-ring (bicyclic) bond motifs is 1. The van der Waals surface area contributed by atoms with E-state index in [1.165, 1.54) is 0 Å². The number of aromatic nitrogens is 2. The molecule has 112 valence electrons. The van der Waals surface area contributed by atoms with Gasteiger partial charge in [-0.05, 0) is 31.0 Å². The van der Waals surface area contributed by atoms with Gasteiger partial charge in [-0.25, -0.2) is 4.98 Å². The number of anilines is 1. The van der Waals surface area contributed by atoms with E-state index in [0.717, 1.165) is 42.8 Å². The molecular weight excluding hydrogens is 268 g/mol. The molecule has 3 rings (SSSR count). The molecule has 1 aliphatic heterocycles. The molecule has 1 aliphatic rings. The third-order valence-electron chi connectivity index (χ3n) is 4.22. The summed E-state index contributed by atoms with van der Waals surface area (Å²) in [6.45, 7) is 1.80. The van der Waals surface area contributed by atoms with Crippen LogP contribution in [0.4, 0.5) is 5.82 Å². The first-order valence-corrected chi connectivity index (χ1v) is 7.24. The van der Waals surface area contributed by atoms with Crippen molar-refractivity contribution in [2.24, 2.45) is 0 Å². The van der Waals surface area contributed by atoms with E-state index in [1.54, 1.807) is 0 Å². The van der Waals surface area contributed by atoms with Crippen LogP contribution in [0, 0.1) is 0 Å². The van der Waals surface area contributed by atoms with Crippen LogP contribution in [-0.4, -0.2) is 58.7 Å². The van der Waals surface area contributed by atoms with Gasteiger partial charge in [-0.3, -0.25) is 9.69 Å². The molecular formula is C15H20N4O2. The molecule has 0 radical (unpaired) electrons. The van der Waals surface area contributed by atoms with E-state index in [0.29, 0.717) is 6.04 Å². The summed E-state index contributed by atoms with van der Waals surface area (Å²) >= 11 is 0. The van der Waals surface area contributed by atoms with Crippen LogP contribution in [0.2, 0.25) is 0 Å². The number of hydrogen-bond donors (Lipinski definition) is 2. The predicted molar refractivity (Wildman–Crippen MR) is 81.6 cm³/mol. The Kier molecular flexibility index (Phi) is 3.79. The maximum atomic E-state index is 10.7. The van der Waals surface area contributed by atoms with Crippen LogP contribution >= 0.6 is 0 Å². The molecule has 0 atom stereocenters. The normalized spacial score (nSPS) is 17.2. The van der Waals surface area contributed by atoms with Gasteiger partial charge in [-0.15, -0.1) is 0 Å². The lowest BCUT2D eigenvalue weighted by molar-refractivity contribution is -0.138. The van der Waals surface area contributed by atoms with Crippen molar-refractivity contribution in [3.8, 4) is 0 Å². The molecule has 2 N–H and O–H groups in total. The highest BCUT2D eigenvalue weighted by Gasteiger charge is 2.24. The van der Waals surface area contributed by atoms with Crippen molar-refractivity contribution in [3.63, 3.8) is 0 Å². The van der Waals surface area contributed by atoms with Gasteiger partial charge in [0.1, 0.15) is 5.82 Å². The molecule has 0 amide bonds. The summed E-state index contributed by atoms with van der Waals surface area (Å²) in [5.41, 5.74) is 2.02. The fraction of sp³-hybridized carbons (Fsp3) is 0.467. The fourth-order valence-electron chi connectivity index (χ4n) is 2.96. The Bertz CT molecular complexity index is 631. The molecule has 21 heavy (non-hydrogen) atoms. The van der Waals surface area contributed by atoms with Crippen molar-refractivity contribution in [3.05, 3.63) is 24.4 Å². The van der Waals surface area contributed by atoms with E-state index >= 15 is 0 Å². The van der Waals surface area contributed by atoms with Crippen LogP contribution < -0.4 is 4.90 Å². The summed E-state index contributed by atoms with van der Waals surface area (Å²) in [4.78, 5) is 22.8. The molecule has 0 aliphatic carbocycles. The monoisotopic (exact) mass is 288 g/mol. The van der Waals surface area contributed by atoms with Crippen molar-refractivity contribution in [2.75, 3.05) is 31.6 Å². The number of carboxylic acid groups (broad SMARTS) is 1. The second-order valence-corrected chi connectivity index (χ2v) is 5.59. The Balaban J connectivity index is 1.65. The third kappa shape index (κ3) is 3.00. The highest BCUT2D eigenvalue weighted by molar-refractivity contribution is 5.76. The lowest BCUT2D eigenvalue weighted by Crippen LogP contribution is -2.45. The quantitative estimate of drug-likeness (QED) is 0.893. The van der Waals surface area contributed by atoms with Crippen LogP contribution in [-0.2, 0) is 4.79 Å². The van der Waals surface area contributed by atoms with E-state index in [1.807, 2.05) is 29.3 Å². The number of nitrogens with zero attached hydrogens (tertiary/aromatic N) is 3. The summed E-state index contributed by atoms with van der Waals surface area (Å²) < 4.78 is 0. The number of aromatic amines is 1. The van der Waals surface area contributed by atoms with Gasteiger partial charge in [0.25, 0.3) is 0 Å². The molecule has 0 aromatic carbocycles. The summed E-state index contributed by atoms with van der Waals surface area (Å²) in [5.74, 6) is 0.222. The number of carbonyl (C=O) groups is 1. The van der Waals surface area contributed by atoms with Crippen LogP contribution in [0.25, 0.3) is 11.0 Å². The van der Waals surface area contributed by atoms with Gasteiger partial charge in [-0.2, -0.15) is 0 Å². The van der Waals surface area contributed by atoms with Gasteiger partial charge in [0.2, 0.25) is 0 Å². The Morgan fingerprint density at radius 1 is 1.43 bits per heavy atom. The number of nitrogens with one attached hydrogen (secondary N) is 1. The van der Waals surface area contributed by atoms with Crippen molar-refractivity contribution in [2.45, 2.75) is 18.9 Å². The highest BCUT2D eigenvalue weighted by Crippen LogP contribution is 2.22. The average Bonchev–Trinajstić information content (AvgIpc) is 2.94. The minimum Gasteiger partial charge on any atom is -0.480 e. The smallest absolute Gasteiger partial charge is 0.317 e. The number of likely N-dealkylation sites (tertiary alicyclic amines) is 1. The van der Waals surface area contributed by atoms with Gasteiger partial charge < -0.3 is 15.0 Å². The zero-order valence-electron chi connectivity index (χ0n) is 12.1. The van der Waals surface area contributed by atoms with Crippen molar-refractivity contribution >= 4 is 22.8 Å². The Morgan fingerprint density at radius 2 is 2.19 bits per heavy atom. The molecule has 0 saturated carbocycles. The summed E-state index contributed by atoms with van der Waals surface area (Å²) in [6, 6.07) is 6.47. The first-order chi connectivity index (χ1) is 10.1. The lowest BCUT2D eigenvalue weighted by Gasteiger charge is -2.36. The third-order valence-corrected chi connectivity index (χ3v) is 4.22. The van der Waals surface area contributed by atoms with Crippen molar-refractivity contribution < 1.29 is 9.90 Å². The molecule has 6 nitrogen and oxygen atoms in total. The first kappa shape index (κ1) is 13.9. The van der Waals surface area contributed by atoms with Gasteiger partial charge in [0.15, 0.2) is 0 Å². The minimum atomic E-state index is -0.749. The van der Waals surface area contributed by atoms with E-state index in [-0.39, 0.29) is 6.54 Å².